The van der Waals surface area contributed by atoms with Crippen molar-refractivity contribution in [3.63, 3.8) is 0 Å². The Hall–Kier alpha value is -1.18. The highest BCUT2D eigenvalue weighted by molar-refractivity contribution is 5.29. The number of hydrogen-bond acceptors (Lipinski definition) is 0. The normalized spacial score (nSPS) is 25.4. The summed E-state index contributed by atoms with van der Waals surface area (Å²) in [6.45, 7) is 6.22. The molecule has 2 aliphatic rings. The van der Waals surface area contributed by atoms with Gasteiger partial charge in [-0.05, 0) is 99.0 Å². The Labute approximate surface area is 209 Å². The molecule has 192 valence electrons. The van der Waals surface area contributed by atoms with Gasteiger partial charge in [-0.15, -0.1) is 6.58 Å². The molecule has 0 atom stereocenters. The van der Waals surface area contributed by atoms with Crippen molar-refractivity contribution in [2.75, 3.05) is 0 Å². The van der Waals surface area contributed by atoms with Gasteiger partial charge in [-0.25, -0.2) is 8.78 Å². The Morgan fingerprint density at radius 1 is 0.706 bits per heavy atom. The highest BCUT2D eigenvalue weighted by atomic mass is 19.2. The zero-order valence-electron chi connectivity index (χ0n) is 21.9. The van der Waals surface area contributed by atoms with Crippen LogP contribution in [0.1, 0.15) is 140 Å². The van der Waals surface area contributed by atoms with E-state index in [1.54, 1.807) is 0 Å². The van der Waals surface area contributed by atoms with Crippen LogP contribution in [0.5, 0.6) is 0 Å². The second kappa shape index (κ2) is 15.0. The Bertz CT molecular complexity index is 708. The van der Waals surface area contributed by atoms with E-state index in [0.717, 1.165) is 37.5 Å². The van der Waals surface area contributed by atoms with E-state index in [0.29, 0.717) is 23.5 Å². The molecule has 0 amide bonds. The molecule has 2 fully saturated rings. The number of rotatable bonds is 14. The number of hydrogen-bond donors (Lipinski definition) is 0. The predicted molar refractivity (Wildman–Crippen MR) is 142 cm³/mol. The first-order valence-corrected chi connectivity index (χ1v) is 14.7. The second-order valence-electron chi connectivity index (χ2n) is 11.4. The smallest absolute Gasteiger partial charge is 0.162 e. The standard InChI is InChI=1S/C32H50F2/c1-3-5-6-7-8-9-10-11-12-13-14-29-23-24-30(32(34)31(29)33)28-21-19-27(20-22-28)26-17-15-25(4-2)16-18-26/h4,23-28H,2-3,5-22H2,1H3. The number of benzene rings is 1. The average Bonchev–Trinajstić information content (AvgIpc) is 2.88. The van der Waals surface area contributed by atoms with Crippen LogP contribution in [0.4, 0.5) is 8.78 Å². The lowest BCUT2D eigenvalue weighted by Crippen LogP contribution is -2.25. The first-order valence-electron chi connectivity index (χ1n) is 14.7. The summed E-state index contributed by atoms with van der Waals surface area (Å²) in [6.07, 6.45) is 25.0. The van der Waals surface area contributed by atoms with Crippen LogP contribution < -0.4 is 0 Å². The third kappa shape index (κ3) is 8.20. The largest absolute Gasteiger partial charge is 0.203 e. The molecule has 34 heavy (non-hydrogen) atoms. The van der Waals surface area contributed by atoms with Gasteiger partial charge in [0.1, 0.15) is 0 Å². The van der Waals surface area contributed by atoms with Gasteiger partial charge in [0.25, 0.3) is 0 Å². The topological polar surface area (TPSA) is 0 Å². The molecule has 2 saturated carbocycles. The van der Waals surface area contributed by atoms with E-state index >= 15 is 0 Å². The van der Waals surface area contributed by atoms with Gasteiger partial charge in [-0.2, -0.15) is 0 Å². The lowest BCUT2D eigenvalue weighted by atomic mass is 9.68. The van der Waals surface area contributed by atoms with Gasteiger partial charge in [0.2, 0.25) is 0 Å². The lowest BCUT2D eigenvalue weighted by Gasteiger charge is -2.37. The maximum Gasteiger partial charge on any atom is 0.162 e. The fraction of sp³-hybridized carbons (Fsp3) is 0.750. The molecule has 2 aliphatic carbocycles. The number of unbranched alkanes of at least 4 members (excludes halogenated alkanes) is 9. The summed E-state index contributed by atoms with van der Waals surface area (Å²) < 4.78 is 29.8. The van der Waals surface area contributed by atoms with Crippen LogP contribution in [0.2, 0.25) is 0 Å². The minimum atomic E-state index is -0.571. The van der Waals surface area contributed by atoms with Crippen molar-refractivity contribution < 1.29 is 8.78 Å². The number of allylic oxidation sites excluding steroid dienone is 1. The van der Waals surface area contributed by atoms with Crippen LogP contribution in [0.15, 0.2) is 24.8 Å². The van der Waals surface area contributed by atoms with E-state index in [-0.39, 0.29) is 5.92 Å². The van der Waals surface area contributed by atoms with Crippen LogP contribution in [-0.2, 0) is 6.42 Å². The summed E-state index contributed by atoms with van der Waals surface area (Å²) in [5.41, 5.74) is 1.21. The third-order valence-corrected chi connectivity index (χ3v) is 9.02. The van der Waals surface area contributed by atoms with E-state index < -0.39 is 11.6 Å². The van der Waals surface area contributed by atoms with Crippen molar-refractivity contribution >= 4 is 0 Å². The van der Waals surface area contributed by atoms with Gasteiger partial charge in [0.15, 0.2) is 11.6 Å². The van der Waals surface area contributed by atoms with Crippen molar-refractivity contribution in [3.8, 4) is 0 Å². The van der Waals surface area contributed by atoms with Crippen LogP contribution in [-0.4, -0.2) is 0 Å². The molecule has 0 aromatic heterocycles. The highest BCUT2D eigenvalue weighted by Crippen LogP contribution is 2.44. The summed E-state index contributed by atoms with van der Waals surface area (Å²) in [4.78, 5) is 0. The minimum absolute atomic E-state index is 0.196. The second-order valence-corrected chi connectivity index (χ2v) is 11.4. The molecule has 1 aromatic carbocycles. The minimum Gasteiger partial charge on any atom is -0.203 e. The molecule has 1 aromatic rings. The first-order chi connectivity index (χ1) is 16.6. The van der Waals surface area contributed by atoms with Gasteiger partial charge in [-0.3, -0.25) is 0 Å². The van der Waals surface area contributed by atoms with Crippen molar-refractivity contribution in [3.05, 3.63) is 47.5 Å². The molecule has 0 radical (unpaired) electrons. The molecule has 0 aliphatic heterocycles. The van der Waals surface area contributed by atoms with Gasteiger partial charge >= 0.3 is 0 Å². The maximum atomic E-state index is 15.0. The summed E-state index contributed by atoms with van der Waals surface area (Å²) in [6, 6.07) is 3.79. The fourth-order valence-electron chi connectivity index (χ4n) is 6.67. The van der Waals surface area contributed by atoms with E-state index in [1.165, 1.54) is 89.9 Å². The molecule has 0 spiro atoms. The molecular weight excluding hydrogens is 422 g/mol. The van der Waals surface area contributed by atoms with Crippen molar-refractivity contribution in [2.45, 2.75) is 135 Å². The van der Waals surface area contributed by atoms with Crippen LogP contribution >= 0.6 is 0 Å². The van der Waals surface area contributed by atoms with Gasteiger partial charge < -0.3 is 0 Å². The van der Waals surface area contributed by atoms with Crippen molar-refractivity contribution in [1.82, 2.24) is 0 Å². The molecule has 0 saturated heterocycles. The zero-order valence-corrected chi connectivity index (χ0v) is 21.9. The number of halogens is 2. The highest BCUT2D eigenvalue weighted by Gasteiger charge is 2.32. The Morgan fingerprint density at radius 2 is 1.24 bits per heavy atom. The van der Waals surface area contributed by atoms with Crippen LogP contribution in [0.3, 0.4) is 0 Å². The zero-order chi connectivity index (χ0) is 24.2. The molecule has 2 heteroatoms. The quantitative estimate of drug-likeness (QED) is 0.186. The van der Waals surface area contributed by atoms with E-state index in [9.17, 15) is 8.78 Å². The summed E-state index contributed by atoms with van der Waals surface area (Å²) >= 11 is 0. The van der Waals surface area contributed by atoms with E-state index in [4.69, 9.17) is 0 Å². The Morgan fingerprint density at radius 3 is 1.79 bits per heavy atom. The first kappa shape index (κ1) is 27.4. The lowest BCUT2D eigenvalue weighted by molar-refractivity contribution is 0.170. The molecule has 0 bridgehead atoms. The maximum absolute atomic E-state index is 15.0. The van der Waals surface area contributed by atoms with Gasteiger partial charge in [0.05, 0.1) is 0 Å². The SMILES string of the molecule is C=CC1CCC(C2CCC(c3ccc(CCCCCCCCCCCC)c(F)c3F)CC2)CC1. The van der Waals surface area contributed by atoms with Crippen molar-refractivity contribution in [1.29, 1.82) is 0 Å². The van der Waals surface area contributed by atoms with E-state index in [2.05, 4.69) is 19.6 Å². The molecule has 0 heterocycles. The Kier molecular flexibility index (Phi) is 12.1. The summed E-state index contributed by atoms with van der Waals surface area (Å²) in [5, 5.41) is 0. The van der Waals surface area contributed by atoms with Crippen molar-refractivity contribution in [2.24, 2.45) is 17.8 Å². The molecule has 0 N–H and O–H groups in total. The molecule has 0 nitrogen and oxygen atoms in total. The summed E-state index contributed by atoms with van der Waals surface area (Å²) in [5.74, 6) is 1.40. The molecule has 0 unspecified atom stereocenters. The van der Waals surface area contributed by atoms with Gasteiger partial charge in [0, 0.05) is 0 Å². The van der Waals surface area contributed by atoms with E-state index in [1.807, 2.05) is 12.1 Å². The predicted octanol–water partition coefficient (Wildman–Crippen LogP) is 10.7. The third-order valence-electron chi connectivity index (χ3n) is 9.02. The van der Waals surface area contributed by atoms with Gasteiger partial charge in [-0.1, -0.05) is 82.9 Å². The Balaban J connectivity index is 1.37. The van der Waals surface area contributed by atoms with Crippen LogP contribution in [0, 0.1) is 29.4 Å². The molecule has 3 rings (SSSR count). The summed E-state index contributed by atoms with van der Waals surface area (Å²) in [7, 11) is 0. The molecular formula is C32H50F2. The fourth-order valence-corrected chi connectivity index (χ4v) is 6.67. The average molecular weight is 473 g/mol. The monoisotopic (exact) mass is 472 g/mol. The van der Waals surface area contributed by atoms with Crippen LogP contribution in [0.25, 0.3) is 0 Å². The number of aryl methyl sites for hydroxylation is 1.